The quantitative estimate of drug-likeness (QED) is 0.388. The van der Waals surface area contributed by atoms with Gasteiger partial charge >= 0.3 is 117 Å². The predicted octanol–water partition coefficient (Wildman–Crippen LogP) is 1.10. The van der Waals surface area contributed by atoms with Gasteiger partial charge in [0, 0.05) is 0 Å². The first-order valence-corrected chi connectivity index (χ1v) is 11.6. The van der Waals surface area contributed by atoms with E-state index in [1.54, 1.807) is 14.2 Å². The number of hydrogen-bond donors (Lipinski definition) is 2. The molecule has 7 heteroatoms. The summed E-state index contributed by atoms with van der Waals surface area (Å²) in [7, 11) is 0.893. The van der Waals surface area contributed by atoms with Crippen LogP contribution >= 0.6 is 0 Å². The van der Waals surface area contributed by atoms with Crippen molar-refractivity contribution in [1.29, 1.82) is 0 Å². The monoisotopic (exact) mass is 352 g/mol. The summed E-state index contributed by atoms with van der Waals surface area (Å²) in [6, 6.07) is 11.3. The van der Waals surface area contributed by atoms with E-state index < -0.39 is 8.80 Å². The zero-order valence-corrected chi connectivity index (χ0v) is 16.5. The van der Waals surface area contributed by atoms with Gasteiger partial charge in [-0.2, -0.15) is 0 Å². The summed E-state index contributed by atoms with van der Waals surface area (Å²) >= 11 is 0.0692. The molecular formula is C16H29AlN2O3Si. The first kappa shape index (κ1) is 20.7. The van der Waals surface area contributed by atoms with Gasteiger partial charge in [-0.15, -0.1) is 0 Å². The molecule has 1 aromatic rings. The third kappa shape index (κ3) is 8.89. The van der Waals surface area contributed by atoms with Crippen LogP contribution in [0.4, 0.5) is 0 Å². The number of rotatable bonds is 14. The first-order valence-electron chi connectivity index (χ1n) is 8.07. The predicted molar refractivity (Wildman–Crippen MR) is 99.0 cm³/mol. The van der Waals surface area contributed by atoms with E-state index in [4.69, 9.17) is 13.3 Å². The minimum atomic E-state index is -2.46. The fourth-order valence-corrected chi connectivity index (χ4v) is 5.28. The molecule has 2 N–H and O–H groups in total. The molecule has 23 heavy (non-hydrogen) atoms. The van der Waals surface area contributed by atoms with Crippen molar-refractivity contribution < 1.29 is 13.3 Å². The molecule has 128 valence electrons. The van der Waals surface area contributed by atoms with Crippen LogP contribution in [0.1, 0.15) is 12.0 Å². The summed E-state index contributed by atoms with van der Waals surface area (Å²) in [5.74, 6) is 0. The summed E-state index contributed by atoms with van der Waals surface area (Å²) in [6.45, 7) is 3.75. The molecular weight excluding hydrogens is 323 g/mol. The molecule has 0 bridgehead atoms. The van der Waals surface area contributed by atoms with Crippen LogP contribution in [0.15, 0.2) is 30.3 Å². The number of benzene rings is 1. The van der Waals surface area contributed by atoms with E-state index in [0.29, 0.717) is 5.47 Å². The molecule has 0 amide bonds. The van der Waals surface area contributed by atoms with E-state index in [2.05, 4.69) is 40.3 Å². The molecule has 5 nitrogen and oxygen atoms in total. The van der Waals surface area contributed by atoms with E-state index in [1.165, 1.54) is 5.56 Å². The average molecular weight is 352 g/mol. The second-order valence-electron chi connectivity index (χ2n) is 5.21. The number of nitrogens with one attached hydrogen (secondary N) is 2. The summed E-state index contributed by atoms with van der Waals surface area (Å²) in [5.41, 5.74) is 1.98. The molecule has 0 radical (unpaired) electrons. The molecule has 0 aromatic heterocycles. The second-order valence-corrected chi connectivity index (χ2v) is 9.09. The molecule has 0 fully saturated rings. The third-order valence-electron chi connectivity index (χ3n) is 3.53. The van der Waals surface area contributed by atoms with E-state index in [0.717, 1.165) is 38.6 Å². The van der Waals surface area contributed by atoms with E-state index in [9.17, 15) is 0 Å². The van der Waals surface area contributed by atoms with Crippen LogP contribution in [0.5, 0.6) is 0 Å². The van der Waals surface area contributed by atoms with Gasteiger partial charge in [0.25, 0.3) is 0 Å². The summed E-state index contributed by atoms with van der Waals surface area (Å²) in [5, 5.41) is 10.7. The molecule has 0 heterocycles. The van der Waals surface area contributed by atoms with Gasteiger partial charge in [-0.1, -0.05) is 30.3 Å². The van der Waals surface area contributed by atoms with Gasteiger partial charge in [0.15, 0.2) is 0 Å². The van der Waals surface area contributed by atoms with Gasteiger partial charge in [0.2, 0.25) is 0 Å². The Bertz CT molecular complexity index is 419. The molecule has 0 aliphatic rings. The molecule has 1 rings (SSSR count). The van der Waals surface area contributed by atoms with E-state index in [-0.39, 0.29) is 14.8 Å². The normalized spacial score (nSPS) is 11.4. The van der Waals surface area contributed by atoms with Crippen molar-refractivity contribution in [1.82, 2.24) is 10.6 Å². The Kier molecular flexibility index (Phi) is 11.7. The van der Waals surface area contributed by atoms with Gasteiger partial charge in [-0.05, 0) is 0 Å². The summed E-state index contributed by atoms with van der Waals surface area (Å²) < 4.78 is 16.8. The van der Waals surface area contributed by atoms with Crippen molar-refractivity contribution in [3.8, 4) is 0 Å². The van der Waals surface area contributed by atoms with Crippen molar-refractivity contribution in [2.24, 2.45) is 0 Å². The Morgan fingerprint density at radius 1 is 1.04 bits per heavy atom. The van der Waals surface area contributed by atoms with Crippen molar-refractivity contribution in [3.05, 3.63) is 35.9 Å². The van der Waals surface area contributed by atoms with Crippen LogP contribution < -0.4 is 10.6 Å². The van der Waals surface area contributed by atoms with Crippen LogP contribution in [0.25, 0.3) is 0 Å². The fourth-order valence-electron chi connectivity index (χ4n) is 2.22. The van der Waals surface area contributed by atoms with Crippen molar-refractivity contribution in [2.75, 3.05) is 39.3 Å². The van der Waals surface area contributed by atoms with Gasteiger partial charge in [0.05, 0.1) is 0 Å². The van der Waals surface area contributed by atoms with Crippen molar-refractivity contribution in [3.63, 3.8) is 0 Å². The van der Waals surface area contributed by atoms with Crippen molar-refractivity contribution in [2.45, 2.75) is 19.0 Å². The molecule has 0 aliphatic heterocycles. The van der Waals surface area contributed by atoms with Crippen LogP contribution in [0.3, 0.4) is 0 Å². The maximum absolute atomic E-state index is 5.80. The van der Waals surface area contributed by atoms with Crippen LogP contribution in [-0.4, -0.2) is 68.3 Å². The van der Waals surface area contributed by atoms with Crippen molar-refractivity contribution >= 4 is 29.0 Å². The van der Waals surface area contributed by atoms with E-state index >= 15 is 0 Å². The van der Waals surface area contributed by atoms with Gasteiger partial charge in [-0.3, -0.25) is 0 Å². The fraction of sp³-hybridized carbons (Fsp3) is 0.562. The Morgan fingerprint density at radius 3 is 2.39 bits per heavy atom. The van der Waals surface area contributed by atoms with Crippen LogP contribution in [-0.2, 0) is 19.8 Å². The maximum atomic E-state index is 5.80. The molecule has 0 atom stereocenters. The molecule has 0 unspecified atom stereocenters. The Morgan fingerprint density at radius 2 is 1.74 bits per heavy atom. The summed E-state index contributed by atoms with van der Waals surface area (Å²) in [4.78, 5) is 0. The molecule has 0 aliphatic carbocycles. The zero-order valence-electron chi connectivity index (χ0n) is 14.3. The zero-order chi connectivity index (χ0) is 16.8. The standard InChI is InChI=1S/C15H27N2O3Si.CH2.Al/c1-18-21(19-2,20-3)13-7-10-16-11-12-17-14-15-8-5-4-6-9-15;;/h4-6,8-9,16-17H,1,7,10-14H2,2-3H3;1H2;. The van der Waals surface area contributed by atoms with Gasteiger partial charge in [-0.25, -0.2) is 0 Å². The third-order valence-corrected chi connectivity index (χ3v) is 7.08. The number of hydrogen-bond acceptors (Lipinski definition) is 5. The Labute approximate surface area is 147 Å². The molecule has 0 saturated heterocycles. The minimum absolute atomic E-state index is 0.0692. The molecule has 0 spiro atoms. The van der Waals surface area contributed by atoms with Gasteiger partial charge in [0.1, 0.15) is 0 Å². The van der Waals surface area contributed by atoms with Gasteiger partial charge < -0.3 is 0 Å². The first-order chi connectivity index (χ1) is 11.3. The average Bonchev–Trinajstić information content (AvgIpc) is 2.61. The second kappa shape index (κ2) is 13.0. The molecule has 1 aromatic carbocycles. The SMILES string of the molecule is [CH2]=[Al][CH2]O[Si](CCCNCCNCc1ccccc1)(OC)OC. The topological polar surface area (TPSA) is 51.8 Å². The van der Waals surface area contributed by atoms with Crippen LogP contribution in [0, 0.1) is 0 Å². The van der Waals surface area contributed by atoms with Crippen LogP contribution in [0.2, 0.25) is 6.04 Å². The molecule has 0 saturated carbocycles. The van der Waals surface area contributed by atoms with E-state index in [1.807, 2.05) is 6.07 Å². The summed E-state index contributed by atoms with van der Waals surface area (Å²) in [6.07, 6.45) is 0.985. The Hall–Kier alpha value is -0.361. The Balaban J connectivity index is 2.06.